The highest BCUT2D eigenvalue weighted by molar-refractivity contribution is 7.09. The van der Waals surface area contributed by atoms with Crippen LogP contribution in [0.25, 0.3) is 11.0 Å². The molecule has 4 heteroatoms. The Hall–Kier alpha value is -1.65. The summed E-state index contributed by atoms with van der Waals surface area (Å²) >= 11 is 1.69. The SMILES string of the molecule is CC(C)(C)c1csc(CC(N)c2coc3ccccc23)n1. The summed E-state index contributed by atoms with van der Waals surface area (Å²) in [5.41, 5.74) is 9.52. The fourth-order valence-electron chi connectivity index (χ4n) is 2.33. The summed E-state index contributed by atoms with van der Waals surface area (Å²) in [6, 6.07) is 7.91. The Morgan fingerprint density at radius 3 is 2.76 bits per heavy atom. The van der Waals surface area contributed by atoms with Gasteiger partial charge in [0.15, 0.2) is 0 Å². The maximum absolute atomic E-state index is 6.36. The van der Waals surface area contributed by atoms with Gasteiger partial charge in [0.2, 0.25) is 0 Å². The molecule has 0 spiro atoms. The molecule has 0 aliphatic rings. The largest absolute Gasteiger partial charge is 0.464 e. The molecule has 3 rings (SSSR count). The zero-order valence-electron chi connectivity index (χ0n) is 12.6. The van der Waals surface area contributed by atoms with Gasteiger partial charge < -0.3 is 10.2 Å². The summed E-state index contributed by atoms with van der Waals surface area (Å²) < 4.78 is 5.57. The topological polar surface area (TPSA) is 52.0 Å². The van der Waals surface area contributed by atoms with Gasteiger partial charge in [0.1, 0.15) is 5.58 Å². The Morgan fingerprint density at radius 1 is 1.29 bits per heavy atom. The van der Waals surface area contributed by atoms with Gasteiger partial charge in [-0.2, -0.15) is 0 Å². The first-order valence-electron chi connectivity index (χ1n) is 7.12. The fourth-order valence-corrected chi connectivity index (χ4v) is 3.41. The molecule has 0 fully saturated rings. The second kappa shape index (κ2) is 5.28. The summed E-state index contributed by atoms with van der Waals surface area (Å²) in [5.74, 6) is 0. The molecule has 0 amide bonds. The summed E-state index contributed by atoms with van der Waals surface area (Å²) in [4.78, 5) is 4.72. The van der Waals surface area contributed by atoms with Crippen molar-refractivity contribution < 1.29 is 4.42 Å². The Morgan fingerprint density at radius 2 is 2.05 bits per heavy atom. The lowest BCUT2D eigenvalue weighted by molar-refractivity contribution is 0.568. The molecule has 1 atom stereocenters. The number of fused-ring (bicyclic) bond motifs is 1. The van der Waals surface area contributed by atoms with Crippen LogP contribution in [0.2, 0.25) is 0 Å². The number of para-hydroxylation sites is 1. The number of nitrogens with zero attached hydrogens (tertiary/aromatic N) is 1. The zero-order chi connectivity index (χ0) is 15.0. The van der Waals surface area contributed by atoms with Crippen molar-refractivity contribution in [3.05, 3.63) is 52.2 Å². The number of nitrogens with two attached hydrogens (primary N) is 1. The van der Waals surface area contributed by atoms with Gasteiger partial charge in [-0.3, -0.25) is 0 Å². The van der Waals surface area contributed by atoms with E-state index in [9.17, 15) is 0 Å². The predicted octanol–water partition coefficient (Wildman–Crippen LogP) is 4.43. The maximum Gasteiger partial charge on any atom is 0.134 e. The van der Waals surface area contributed by atoms with Crippen molar-refractivity contribution >= 4 is 22.3 Å². The molecular weight excluding hydrogens is 280 g/mol. The number of thiazole rings is 1. The third-order valence-corrected chi connectivity index (χ3v) is 4.50. The van der Waals surface area contributed by atoms with Crippen molar-refractivity contribution in [3.8, 4) is 0 Å². The summed E-state index contributed by atoms with van der Waals surface area (Å²) in [5, 5.41) is 4.31. The lowest BCUT2D eigenvalue weighted by atomic mass is 9.93. The summed E-state index contributed by atoms with van der Waals surface area (Å²) in [6.07, 6.45) is 2.51. The number of aromatic nitrogens is 1. The minimum Gasteiger partial charge on any atom is -0.464 e. The molecule has 3 nitrogen and oxygen atoms in total. The van der Waals surface area contributed by atoms with Gasteiger partial charge in [-0.25, -0.2) is 4.98 Å². The van der Waals surface area contributed by atoms with E-state index in [1.807, 2.05) is 18.2 Å². The number of hydrogen-bond donors (Lipinski definition) is 1. The summed E-state index contributed by atoms with van der Waals surface area (Å²) in [7, 11) is 0. The quantitative estimate of drug-likeness (QED) is 0.778. The molecule has 0 saturated carbocycles. The third kappa shape index (κ3) is 2.87. The molecule has 1 aromatic carbocycles. The van der Waals surface area contributed by atoms with Crippen LogP contribution in [0.15, 0.2) is 40.3 Å². The Balaban J connectivity index is 1.83. The number of hydrogen-bond acceptors (Lipinski definition) is 4. The Bertz CT molecular complexity index is 751. The first kappa shape index (κ1) is 14.3. The average molecular weight is 300 g/mol. The van der Waals surface area contributed by atoms with Crippen LogP contribution in [-0.2, 0) is 11.8 Å². The third-order valence-electron chi connectivity index (χ3n) is 3.63. The van der Waals surface area contributed by atoms with E-state index in [1.54, 1.807) is 17.6 Å². The van der Waals surface area contributed by atoms with E-state index < -0.39 is 0 Å². The minimum absolute atomic E-state index is 0.0845. The van der Waals surface area contributed by atoms with E-state index in [-0.39, 0.29) is 11.5 Å². The molecule has 0 radical (unpaired) electrons. The van der Waals surface area contributed by atoms with Gasteiger partial charge >= 0.3 is 0 Å². The minimum atomic E-state index is -0.0902. The van der Waals surface area contributed by atoms with Crippen LogP contribution in [0.1, 0.15) is 43.1 Å². The standard InChI is InChI=1S/C17H20N2OS/c1-17(2,3)15-10-21-16(19-15)8-13(18)12-9-20-14-7-5-4-6-11(12)14/h4-7,9-10,13H,8,18H2,1-3H3. The molecule has 2 aromatic heterocycles. The van der Waals surface area contributed by atoms with E-state index in [4.69, 9.17) is 15.1 Å². The molecule has 3 aromatic rings. The zero-order valence-corrected chi connectivity index (χ0v) is 13.4. The van der Waals surface area contributed by atoms with Crippen LogP contribution < -0.4 is 5.73 Å². The van der Waals surface area contributed by atoms with Crippen LogP contribution in [-0.4, -0.2) is 4.98 Å². The Kier molecular flexibility index (Phi) is 3.59. The first-order chi connectivity index (χ1) is 9.95. The van der Waals surface area contributed by atoms with E-state index in [2.05, 4.69) is 32.2 Å². The van der Waals surface area contributed by atoms with Gasteiger partial charge in [-0.1, -0.05) is 39.0 Å². The number of rotatable bonds is 3. The van der Waals surface area contributed by atoms with Crippen LogP contribution in [0.4, 0.5) is 0 Å². The van der Waals surface area contributed by atoms with Crippen molar-refractivity contribution in [1.29, 1.82) is 0 Å². The van der Waals surface area contributed by atoms with Gasteiger partial charge in [-0.05, 0) is 6.07 Å². The molecule has 0 saturated heterocycles. The molecule has 21 heavy (non-hydrogen) atoms. The fraction of sp³-hybridized carbons (Fsp3) is 0.353. The first-order valence-corrected chi connectivity index (χ1v) is 8.00. The van der Waals surface area contributed by atoms with Crippen molar-refractivity contribution in [2.75, 3.05) is 0 Å². The van der Waals surface area contributed by atoms with Gasteiger partial charge in [0.25, 0.3) is 0 Å². The van der Waals surface area contributed by atoms with E-state index in [0.717, 1.165) is 33.7 Å². The van der Waals surface area contributed by atoms with Crippen molar-refractivity contribution in [2.45, 2.75) is 38.6 Å². The monoisotopic (exact) mass is 300 g/mol. The molecule has 1 unspecified atom stereocenters. The van der Waals surface area contributed by atoms with E-state index >= 15 is 0 Å². The van der Waals surface area contributed by atoms with E-state index in [0.29, 0.717) is 0 Å². The van der Waals surface area contributed by atoms with Crippen molar-refractivity contribution in [3.63, 3.8) is 0 Å². The normalized spacial score (nSPS) is 13.7. The molecule has 0 aliphatic heterocycles. The maximum atomic E-state index is 6.36. The molecule has 2 N–H and O–H groups in total. The van der Waals surface area contributed by atoms with Crippen LogP contribution >= 0.6 is 11.3 Å². The van der Waals surface area contributed by atoms with Crippen LogP contribution in [0.3, 0.4) is 0 Å². The van der Waals surface area contributed by atoms with Gasteiger partial charge in [0, 0.05) is 34.2 Å². The molecule has 110 valence electrons. The second-order valence-electron chi connectivity index (χ2n) is 6.37. The van der Waals surface area contributed by atoms with Crippen molar-refractivity contribution in [2.24, 2.45) is 5.73 Å². The molecule has 2 heterocycles. The molecule has 0 bridgehead atoms. The lowest BCUT2D eigenvalue weighted by Crippen LogP contribution is -2.14. The molecule has 0 aliphatic carbocycles. The predicted molar refractivity (Wildman–Crippen MR) is 87.7 cm³/mol. The Labute approximate surface area is 128 Å². The van der Waals surface area contributed by atoms with Gasteiger partial charge in [-0.15, -0.1) is 11.3 Å². The van der Waals surface area contributed by atoms with Gasteiger partial charge in [0.05, 0.1) is 17.0 Å². The van der Waals surface area contributed by atoms with Crippen molar-refractivity contribution in [1.82, 2.24) is 4.98 Å². The highest BCUT2D eigenvalue weighted by Gasteiger charge is 2.19. The lowest BCUT2D eigenvalue weighted by Gasteiger charge is -2.14. The summed E-state index contributed by atoms with van der Waals surface area (Å²) in [6.45, 7) is 6.53. The highest BCUT2D eigenvalue weighted by atomic mass is 32.1. The number of furan rings is 1. The number of benzene rings is 1. The molecular formula is C17H20N2OS. The van der Waals surface area contributed by atoms with Crippen LogP contribution in [0.5, 0.6) is 0 Å². The van der Waals surface area contributed by atoms with Crippen LogP contribution in [0, 0.1) is 0 Å². The highest BCUT2D eigenvalue weighted by Crippen LogP contribution is 2.29. The smallest absolute Gasteiger partial charge is 0.134 e. The second-order valence-corrected chi connectivity index (χ2v) is 7.32. The average Bonchev–Trinajstić information content (AvgIpc) is 3.03. The van der Waals surface area contributed by atoms with E-state index in [1.165, 1.54) is 0 Å².